The highest BCUT2D eigenvalue weighted by Gasteiger charge is 2.17. The zero-order valence-electron chi connectivity index (χ0n) is 17.2. The molecule has 0 fully saturated rings. The summed E-state index contributed by atoms with van der Waals surface area (Å²) < 4.78 is 7.90. The molecule has 0 atom stereocenters. The molecule has 9 nitrogen and oxygen atoms in total. The second kappa shape index (κ2) is 9.21. The van der Waals surface area contributed by atoms with E-state index in [9.17, 15) is 4.79 Å². The van der Waals surface area contributed by atoms with E-state index < -0.39 is 0 Å². The van der Waals surface area contributed by atoms with Gasteiger partial charge in [0, 0.05) is 31.6 Å². The van der Waals surface area contributed by atoms with Gasteiger partial charge in [0.25, 0.3) is 5.91 Å². The Bertz CT molecular complexity index is 1150. The molecule has 0 saturated heterocycles. The summed E-state index contributed by atoms with van der Waals surface area (Å²) >= 11 is 0. The standard InChI is InChI=1S/C22H23N7O2/c1-24-13-16(12-23)15-7-8-19-17(11-15)22(30)27-20-6-4-5-18(26-20)21-28-25-14-29(21)9-2-3-10-31-19/h4-8,11-14H,2-3,9-10,23H2,1H3,(H,26,27,30). The number of anilines is 1. The van der Waals surface area contributed by atoms with Crippen molar-refractivity contribution in [3.8, 4) is 17.3 Å². The van der Waals surface area contributed by atoms with Gasteiger partial charge >= 0.3 is 0 Å². The number of carbonyl (C=O) groups is 1. The molecule has 0 saturated carbocycles. The number of fused-ring (bicyclic) bond motifs is 5. The fraction of sp³-hybridized carbons (Fsp3) is 0.227. The van der Waals surface area contributed by atoms with Crippen LogP contribution in [-0.4, -0.2) is 45.5 Å². The quantitative estimate of drug-likeness (QED) is 0.619. The molecule has 1 amide bonds. The molecule has 4 rings (SSSR count). The third kappa shape index (κ3) is 4.45. The number of pyridine rings is 1. The van der Waals surface area contributed by atoms with Gasteiger partial charge in [0.15, 0.2) is 5.82 Å². The van der Waals surface area contributed by atoms with E-state index in [2.05, 4.69) is 25.5 Å². The van der Waals surface area contributed by atoms with Gasteiger partial charge in [-0.1, -0.05) is 12.1 Å². The van der Waals surface area contributed by atoms with Crippen LogP contribution in [0.15, 0.2) is 53.9 Å². The molecule has 0 spiro atoms. The molecule has 31 heavy (non-hydrogen) atoms. The summed E-state index contributed by atoms with van der Waals surface area (Å²) in [6.07, 6.45) is 6.47. The SMILES string of the molecule is CN=CC(=CN)c1ccc2c(c1)C(=O)Nc1cccc(n1)-c1nncn1CCCCO2. The lowest BCUT2D eigenvalue weighted by Crippen LogP contribution is -2.16. The van der Waals surface area contributed by atoms with Crippen LogP contribution in [0.5, 0.6) is 5.75 Å². The van der Waals surface area contributed by atoms with E-state index in [0.717, 1.165) is 24.9 Å². The number of benzene rings is 1. The van der Waals surface area contributed by atoms with Crippen molar-refractivity contribution < 1.29 is 9.53 Å². The first-order valence-electron chi connectivity index (χ1n) is 9.97. The molecule has 158 valence electrons. The predicted molar refractivity (Wildman–Crippen MR) is 119 cm³/mol. The summed E-state index contributed by atoms with van der Waals surface area (Å²) in [6.45, 7) is 1.23. The van der Waals surface area contributed by atoms with Gasteiger partial charge in [0.05, 0.1) is 12.2 Å². The first-order valence-corrected chi connectivity index (χ1v) is 9.97. The Balaban J connectivity index is 1.74. The Morgan fingerprint density at radius 3 is 3.03 bits per heavy atom. The molecular formula is C22H23N7O2. The van der Waals surface area contributed by atoms with Crippen molar-refractivity contribution in [1.82, 2.24) is 19.7 Å². The molecule has 1 aromatic carbocycles. The maximum Gasteiger partial charge on any atom is 0.260 e. The van der Waals surface area contributed by atoms with E-state index in [1.807, 2.05) is 22.8 Å². The lowest BCUT2D eigenvalue weighted by Gasteiger charge is -2.15. The number of aryl methyl sites for hydroxylation is 1. The van der Waals surface area contributed by atoms with Crippen LogP contribution in [-0.2, 0) is 6.54 Å². The zero-order chi connectivity index (χ0) is 21.6. The smallest absolute Gasteiger partial charge is 0.260 e. The molecular weight excluding hydrogens is 394 g/mol. The fourth-order valence-corrected chi connectivity index (χ4v) is 3.36. The minimum absolute atomic E-state index is 0.329. The van der Waals surface area contributed by atoms with Crippen molar-refractivity contribution in [2.45, 2.75) is 19.4 Å². The van der Waals surface area contributed by atoms with E-state index in [-0.39, 0.29) is 5.91 Å². The minimum atomic E-state index is -0.329. The summed E-state index contributed by atoms with van der Waals surface area (Å²) in [4.78, 5) is 21.7. The number of rotatable bonds is 2. The molecule has 1 aliphatic heterocycles. The molecule has 3 N–H and O–H groups in total. The molecule has 1 aliphatic rings. The van der Waals surface area contributed by atoms with Crippen LogP contribution in [0.3, 0.4) is 0 Å². The van der Waals surface area contributed by atoms with Gasteiger partial charge in [-0.3, -0.25) is 9.79 Å². The van der Waals surface area contributed by atoms with Crippen molar-refractivity contribution in [1.29, 1.82) is 0 Å². The Hall–Kier alpha value is -4.01. The van der Waals surface area contributed by atoms with Crippen LogP contribution in [0.1, 0.15) is 28.8 Å². The summed E-state index contributed by atoms with van der Waals surface area (Å²) in [6, 6.07) is 10.8. The summed E-state index contributed by atoms with van der Waals surface area (Å²) in [5.74, 6) is 1.25. The van der Waals surface area contributed by atoms with Crippen LogP contribution in [0.2, 0.25) is 0 Å². The lowest BCUT2D eigenvalue weighted by molar-refractivity contribution is 0.102. The maximum atomic E-state index is 13.1. The number of aromatic nitrogens is 4. The number of aliphatic imine (C=N–C) groups is 1. The van der Waals surface area contributed by atoms with Gasteiger partial charge in [-0.15, -0.1) is 10.2 Å². The van der Waals surface area contributed by atoms with Crippen molar-refractivity contribution in [3.05, 3.63) is 60.1 Å². The highest BCUT2D eigenvalue weighted by atomic mass is 16.5. The van der Waals surface area contributed by atoms with Crippen molar-refractivity contribution >= 4 is 23.5 Å². The Morgan fingerprint density at radius 2 is 2.19 bits per heavy atom. The molecule has 0 unspecified atom stereocenters. The second-order valence-corrected chi connectivity index (χ2v) is 6.99. The van der Waals surface area contributed by atoms with Gasteiger partial charge in [-0.25, -0.2) is 4.98 Å². The topological polar surface area (TPSA) is 120 Å². The number of carbonyl (C=O) groups excluding carboxylic acids is 1. The van der Waals surface area contributed by atoms with Crippen molar-refractivity contribution in [3.63, 3.8) is 0 Å². The maximum absolute atomic E-state index is 13.1. The molecule has 3 aromatic rings. The van der Waals surface area contributed by atoms with Crippen LogP contribution in [0.4, 0.5) is 5.82 Å². The minimum Gasteiger partial charge on any atom is -0.493 e. The van der Waals surface area contributed by atoms with E-state index in [0.29, 0.717) is 40.8 Å². The molecule has 0 aliphatic carbocycles. The molecule has 0 radical (unpaired) electrons. The van der Waals surface area contributed by atoms with Crippen molar-refractivity contribution in [2.75, 3.05) is 19.0 Å². The van der Waals surface area contributed by atoms with E-state index in [1.54, 1.807) is 37.8 Å². The summed E-state index contributed by atoms with van der Waals surface area (Å²) in [5, 5.41) is 11.1. The Morgan fingerprint density at radius 1 is 1.29 bits per heavy atom. The summed E-state index contributed by atoms with van der Waals surface area (Å²) in [5.41, 5.74) is 8.25. The highest BCUT2D eigenvalue weighted by Crippen LogP contribution is 2.26. The van der Waals surface area contributed by atoms with Gasteiger partial charge in [-0.2, -0.15) is 0 Å². The first-order chi connectivity index (χ1) is 15.2. The average molecular weight is 417 g/mol. The predicted octanol–water partition coefficient (Wildman–Crippen LogP) is 2.77. The zero-order valence-corrected chi connectivity index (χ0v) is 17.2. The normalized spacial score (nSPS) is 14.9. The molecule has 2 aromatic heterocycles. The molecule has 9 heteroatoms. The number of hydrogen-bond acceptors (Lipinski definition) is 7. The van der Waals surface area contributed by atoms with Crippen molar-refractivity contribution in [2.24, 2.45) is 10.7 Å². The highest BCUT2D eigenvalue weighted by molar-refractivity contribution is 6.11. The van der Waals surface area contributed by atoms with E-state index in [1.165, 1.54) is 6.20 Å². The van der Waals surface area contributed by atoms with Gasteiger partial charge in [0.1, 0.15) is 23.6 Å². The molecule has 3 heterocycles. The number of nitrogens with two attached hydrogens (primary N) is 1. The monoisotopic (exact) mass is 417 g/mol. The fourth-order valence-electron chi connectivity index (χ4n) is 3.36. The number of nitrogens with zero attached hydrogens (tertiary/aromatic N) is 5. The average Bonchev–Trinajstić information content (AvgIpc) is 3.25. The molecule has 2 bridgehead atoms. The number of nitrogens with one attached hydrogen (secondary N) is 1. The lowest BCUT2D eigenvalue weighted by atomic mass is 10.0. The van der Waals surface area contributed by atoms with Crippen LogP contribution >= 0.6 is 0 Å². The number of amides is 1. The Kier molecular flexibility index (Phi) is 6.02. The van der Waals surface area contributed by atoms with Gasteiger partial charge in [-0.05, 0) is 42.7 Å². The largest absolute Gasteiger partial charge is 0.493 e. The van der Waals surface area contributed by atoms with Crippen LogP contribution < -0.4 is 15.8 Å². The second-order valence-electron chi connectivity index (χ2n) is 6.99. The number of ether oxygens (including phenoxy) is 1. The van der Waals surface area contributed by atoms with Gasteiger partial charge in [0.2, 0.25) is 0 Å². The third-order valence-electron chi connectivity index (χ3n) is 4.89. The third-order valence-corrected chi connectivity index (χ3v) is 4.89. The van der Waals surface area contributed by atoms with Gasteiger partial charge < -0.3 is 20.4 Å². The van der Waals surface area contributed by atoms with E-state index >= 15 is 0 Å². The number of allylic oxidation sites excluding steroid dienone is 1. The van der Waals surface area contributed by atoms with Crippen LogP contribution in [0, 0.1) is 0 Å². The first kappa shape index (κ1) is 20.3. The Labute approximate surface area is 179 Å². The number of hydrogen-bond donors (Lipinski definition) is 2. The van der Waals surface area contributed by atoms with Crippen LogP contribution in [0.25, 0.3) is 17.1 Å². The summed E-state index contributed by atoms with van der Waals surface area (Å²) in [7, 11) is 1.66. The van der Waals surface area contributed by atoms with E-state index in [4.69, 9.17) is 10.5 Å².